The van der Waals surface area contributed by atoms with E-state index in [1.165, 1.54) is 11.3 Å². The number of benzene rings is 2. The first-order valence-electron chi connectivity index (χ1n) is 10.0. The van der Waals surface area contributed by atoms with Crippen molar-refractivity contribution in [1.82, 2.24) is 9.88 Å². The lowest BCUT2D eigenvalue weighted by atomic mass is 10.0. The average Bonchev–Trinajstić information content (AvgIpc) is 3.49. The lowest BCUT2D eigenvalue weighted by Crippen LogP contribution is -2.30. The lowest BCUT2D eigenvalue weighted by Gasteiger charge is -2.26. The molecule has 7 heteroatoms. The van der Waals surface area contributed by atoms with Crippen LogP contribution < -0.4 is 14.2 Å². The van der Waals surface area contributed by atoms with Gasteiger partial charge in [0.05, 0.1) is 13.2 Å². The summed E-state index contributed by atoms with van der Waals surface area (Å²) < 4.78 is 16.6. The van der Waals surface area contributed by atoms with Crippen LogP contribution >= 0.6 is 11.3 Å². The van der Waals surface area contributed by atoms with Crippen LogP contribution in [0.5, 0.6) is 17.2 Å². The van der Waals surface area contributed by atoms with Gasteiger partial charge < -0.3 is 19.1 Å². The number of hydrogen-bond donors (Lipinski definition) is 0. The van der Waals surface area contributed by atoms with Crippen LogP contribution in [-0.4, -0.2) is 42.7 Å². The van der Waals surface area contributed by atoms with Gasteiger partial charge in [-0.15, -0.1) is 11.3 Å². The minimum absolute atomic E-state index is 0.0246. The Balaban J connectivity index is 1.37. The number of carbonyl (C=O) groups excluding carboxylic acids is 1. The fourth-order valence-electron chi connectivity index (χ4n) is 4.01. The van der Waals surface area contributed by atoms with E-state index in [4.69, 9.17) is 14.2 Å². The lowest BCUT2D eigenvalue weighted by molar-refractivity contribution is 0.0730. The molecule has 3 aromatic rings. The second-order valence-electron chi connectivity index (χ2n) is 7.33. The maximum absolute atomic E-state index is 13.3. The summed E-state index contributed by atoms with van der Waals surface area (Å²) in [6, 6.07) is 13.7. The zero-order valence-corrected chi connectivity index (χ0v) is 17.5. The molecule has 5 rings (SSSR count). The van der Waals surface area contributed by atoms with Crippen LogP contribution in [0.25, 0.3) is 10.6 Å². The van der Waals surface area contributed by atoms with Gasteiger partial charge in [0.15, 0.2) is 11.5 Å². The molecule has 1 amide bonds. The third-order valence-electron chi connectivity index (χ3n) is 5.52. The highest BCUT2D eigenvalue weighted by Gasteiger charge is 2.32. The molecule has 3 heterocycles. The molecule has 1 atom stereocenters. The highest BCUT2D eigenvalue weighted by Crippen LogP contribution is 2.39. The van der Waals surface area contributed by atoms with E-state index in [0.717, 1.165) is 52.8 Å². The van der Waals surface area contributed by atoms with Crippen LogP contribution in [0.3, 0.4) is 0 Å². The van der Waals surface area contributed by atoms with Gasteiger partial charge >= 0.3 is 0 Å². The minimum atomic E-state index is -0.0246. The van der Waals surface area contributed by atoms with Crippen molar-refractivity contribution in [3.8, 4) is 27.8 Å². The summed E-state index contributed by atoms with van der Waals surface area (Å²) in [6.45, 7) is 1.85. The van der Waals surface area contributed by atoms with Gasteiger partial charge in [0.1, 0.15) is 29.7 Å². The monoisotopic (exact) mass is 422 g/mol. The van der Waals surface area contributed by atoms with Gasteiger partial charge in [0.2, 0.25) is 0 Å². The van der Waals surface area contributed by atoms with E-state index in [-0.39, 0.29) is 11.9 Å². The zero-order chi connectivity index (χ0) is 20.5. The molecule has 0 saturated carbocycles. The van der Waals surface area contributed by atoms with E-state index in [1.54, 1.807) is 7.11 Å². The Morgan fingerprint density at radius 3 is 2.73 bits per heavy atom. The number of ether oxygens (including phenoxy) is 3. The molecule has 1 unspecified atom stereocenters. The predicted molar refractivity (Wildman–Crippen MR) is 115 cm³/mol. The number of nitrogens with zero attached hydrogens (tertiary/aromatic N) is 2. The number of likely N-dealkylation sites (tertiary alicyclic amines) is 1. The van der Waals surface area contributed by atoms with Gasteiger partial charge in [-0.25, -0.2) is 4.98 Å². The number of amides is 1. The summed E-state index contributed by atoms with van der Waals surface area (Å²) >= 11 is 1.48. The van der Waals surface area contributed by atoms with E-state index in [9.17, 15) is 4.79 Å². The van der Waals surface area contributed by atoms with Crippen LogP contribution in [0.1, 0.15) is 34.9 Å². The van der Waals surface area contributed by atoms with Crippen molar-refractivity contribution in [3.05, 3.63) is 59.1 Å². The summed E-state index contributed by atoms with van der Waals surface area (Å²) in [5, 5.41) is 2.68. The average molecular weight is 423 g/mol. The highest BCUT2D eigenvalue weighted by molar-refractivity contribution is 7.13. The van der Waals surface area contributed by atoms with Crippen molar-refractivity contribution in [2.45, 2.75) is 18.9 Å². The summed E-state index contributed by atoms with van der Waals surface area (Å²) in [7, 11) is 1.64. The summed E-state index contributed by atoms with van der Waals surface area (Å²) in [6.07, 6.45) is 1.90. The molecular weight excluding hydrogens is 400 g/mol. The standard InChI is InChI=1S/C23H22N2O4S/c1-27-17-7-4-15(5-8-17)22-24-18(14-30-22)23(26)25-10-2-3-19(25)16-6-9-20-21(13-16)29-12-11-28-20/h4-9,13-14,19H,2-3,10-12H2,1H3. The molecule has 2 aromatic carbocycles. The predicted octanol–water partition coefficient (Wildman–Crippen LogP) is 4.57. The highest BCUT2D eigenvalue weighted by atomic mass is 32.1. The zero-order valence-electron chi connectivity index (χ0n) is 16.7. The normalized spacial score (nSPS) is 17.8. The molecule has 1 aromatic heterocycles. The fraction of sp³-hybridized carbons (Fsp3) is 0.304. The first kappa shape index (κ1) is 18.9. The molecule has 1 saturated heterocycles. The van der Waals surface area contributed by atoms with E-state index >= 15 is 0 Å². The number of carbonyl (C=O) groups is 1. The SMILES string of the molecule is COc1ccc(-c2nc(C(=O)N3CCCC3c3ccc4c(c3)OCCO4)cs2)cc1. The molecular formula is C23H22N2O4S. The summed E-state index contributed by atoms with van der Waals surface area (Å²) in [4.78, 5) is 19.8. The quantitative estimate of drug-likeness (QED) is 0.617. The molecule has 0 bridgehead atoms. The Bertz CT molecular complexity index is 1060. The van der Waals surface area contributed by atoms with E-state index < -0.39 is 0 Å². The molecule has 154 valence electrons. The number of thiazole rings is 1. The number of fused-ring (bicyclic) bond motifs is 1. The van der Waals surface area contributed by atoms with Gasteiger partial charge in [0.25, 0.3) is 5.91 Å². The Labute approximate surface area is 179 Å². The van der Waals surface area contributed by atoms with Crippen molar-refractivity contribution in [2.75, 3.05) is 26.9 Å². The van der Waals surface area contributed by atoms with Crippen LogP contribution in [0.15, 0.2) is 47.8 Å². The number of methoxy groups -OCH3 is 1. The molecule has 30 heavy (non-hydrogen) atoms. The molecule has 0 radical (unpaired) electrons. The maximum atomic E-state index is 13.3. The molecule has 0 N–H and O–H groups in total. The van der Waals surface area contributed by atoms with Crippen molar-refractivity contribution in [2.24, 2.45) is 0 Å². The molecule has 6 nitrogen and oxygen atoms in total. The van der Waals surface area contributed by atoms with Crippen molar-refractivity contribution < 1.29 is 19.0 Å². The summed E-state index contributed by atoms with van der Waals surface area (Å²) in [5.41, 5.74) is 2.55. The summed E-state index contributed by atoms with van der Waals surface area (Å²) in [5.74, 6) is 2.30. The molecule has 0 spiro atoms. The number of hydrogen-bond acceptors (Lipinski definition) is 6. The second-order valence-corrected chi connectivity index (χ2v) is 8.18. The van der Waals surface area contributed by atoms with E-state index in [0.29, 0.717) is 18.9 Å². The van der Waals surface area contributed by atoms with Crippen LogP contribution in [0.2, 0.25) is 0 Å². The fourth-order valence-corrected chi connectivity index (χ4v) is 4.81. The molecule has 2 aliphatic rings. The van der Waals surface area contributed by atoms with Crippen LogP contribution in [0, 0.1) is 0 Å². The van der Waals surface area contributed by atoms with Crippen molar-refractivity contribution >= 4 is 17.2 Å². The van der Waals surface area contributed by atoms with Gasteiger partial charge in [-0.05, 0) is 54.8 Å². The largest absolute Gasteiger partial charge is 0.497 e. The smallest absolute Gasteiger partial charge is 0.273 e. The van der Waals surface area contributed by atoms with Crippen molar-refractivity contribution in [1.29, 1.82) is 0 Å². The topological polar surface area (TPSA) is 60.9 Å². The van der Waals surface area contributed by atoms with E-state index in [2.05, 4.69) is 4.98 Å². The van der Waals surface area contributed by atoms with Gasteiger partial charge in [-0.2, -0.15) is 0 Å². The van der Waals surface area contributed by atoms with Gasteiger partial charge in [0, 0.05) is 17.5 Å². The van der Waals surface area contributed by atoms with Crippen LogP contribution in [0.4, 0.5) is 0 Å². The Morgan fingerprint density at radius 2 is 1.93 bits per heavy atom. The first-order chi connectivity index (χ1) is 14.7. The molecule has 1 fully saturated rings. The number of aromatic nitrogens is 1. The first-order valence-corrected chi connectivity index (χ1v) is 10.9. The van der Waals surface area contributed by atoms with E-state index in [1.807, 2.05) is 52.7 Å². The van der Waals surface area contributed by atoms with Gasteiger partial charge in [-0.1, -0.05) is 6.07 Å². The minimum Gasteiger partial charge on any atom is -0.497 e. The Kier molecular flexibility index (Phi) is 5.04. The third-order valence-corrected chi connectivity index (χ3v) is 6.42. The number of rotatable bonds is 4. The van der Waals surface area contributed by atoms with Gasteiger partial charge in [-0.3, -0.25) is 4.79 Å². The Morgan fingerprint density at radius 1 is 1.13 bits per heavy atom. The maximum Gasteiger partial charge on any atom is 0.273 e. The molecule has 0 aliphatic carbocycles. The molecule has 2 aliphatic heterocycles. The van der Waals surface area contributed by atoms with Crippen molar-refractivity contribution in [3.63, 3.8) is 0 Å². The third kappa shape index (κ3) is 3.50. The van der Waals surface area contributed by atoms with Crippen LogP contribution in [-0.2, 0) is 0 Å². The second kappa shape index (κ2) is 7.99. The Hall–Kier alpha value is -3.06.